The lowest BCUT2D eigenvalue weighted by atomic mass is 10.1. The highest BCUT2D eigenvalue weighted by atomic mass is 32.2. The Balaban J connectivity index is 1.26. The molecule has 0 aliphatic carbocycles. The van der Waals surface area contributed by atoms with Gasteiger partial charge in [-0.05, 0) is 59.6 Å². The lowest BCUT2D eigenvalue weighted by molar-refractivity contribution is 0.136. The molecule has 3 atom stereocenters. The van der Waals surface area contributed by atoms with Crippen molar-refractivity contribution < 1.29 is 5.11 Å². The number of anilines is 1. The molecule has 176 valence electrons. The first-order chi connectivity index (χ1) is 16.6. The van der Waals surface area contributed by atoms with Crippen LogP contribution in [0.3, 0.4) is 0 Å². The molecular formula is C26H28N4OS3. The minimum Gasteiger partial charge on any atom is -0.373 e. The topological polar surface area (TPSA) is 63.7 Å². The largest absolute Gasteiger partial charge is 0.373 e. The first kappa shape index (κ1) is 23.5. The molecule has 0 amide bonds. The molecule has 3 N–H and O–H groups in total. The van der Waals surface area contributed by atoms with Crippen molar-refractivity contribution in [3.05, 3.63) is 82.9 Å². The van der Waals surface area contributed by atoms with Crippen LogP contribution in [0.2, 0.25) is 0 Å². The van der Waals surface area contributed by atoms with Gasteiger partial charge in [0.05, 0.1) is 27.1 Å². The van der Waals surface area contributed by atoms with Crippen molar-refractivity contribution >= 4 is 57.9 Å². The summed E-state index contributed by atoms with van der Waals surface area (Å²) in [7, 11) is 2.08. The summed E-state index contributed by atoms with van der Waals surface area (Å²) >= 11 is 5.32. The van der Waals surface area contributed by atoms with Crippen LogP contribution in [0.1, 0.15) is 23.0 Å². The molecule has 0 spiro atoms. The van der Waals surface area contributed by atoms with Gasteiger partial charge in [-0.25, -0.2) is 0 Å². The second-order valence-corrected chi connectivity index (χ2v) is 12.0. The van der Waals surface area contributed by atoms with Gasteiger partial charge in [-0.15, -0.1) is 23.1 Å². The normalized spacial score (nSPS) is 16.6. The van der Waals surface area contributed by atoms with Crippen molar-refractivity contribution in [2.75, 3.05) is 17.9 Å². The number of aryl methyl sites for hydroxylation is 1. The lowest BCUT2D eigenvalue weighted by Crippen LogP contribution is -2.32. The van der Waals surface area contributed by atoms with Crippen molar-refractivity contribution in [3.8, 4) is 0 Å². The molecule has 2 aromatic carbocycles. The highest BCUT2D eigenvalue weighted by Crippen LogP contribution is 2.36. The van der Waals surface area contributed by atoms with E-state index >= 15 is 0 Å². The van der Waals surface area contributed by atoms with Crippen LogP contribution in [0, 0.1) is 6.92 Å². The molecule has 1 aliphatic rings. The summed E-state index contributed by atoms with van der Waals surface area (Å²) in [6.45, 7) is 2.79. The number of fused-ring (bicyclic) bond motifs is 1. The molecule has 3 heterocycles. The third-order valence-electron chi connectivity index (χ3n) is 5.75. The van der Waals surface area contributed by atoms with Gasteiger partial charge in [0.25, 0.3) is 0 Å². The number of thioether (sulfide) groups is 1. The molecule has 0 saturated carbocycles. The van der Waals surface area contributed by atoms with Crippen LogP contribution in [-0.4, -0.2) is 41.2 Å². The summed E-state index contributed by atoms with van der Waals surface area (Å²) in [5, 5.41) is 17.8. The van der Waals surface area contributed by atoms with Gasteiger partial charge in [0, 0.05) is 36.2 Å². The van der Waals surface area contributed by atoms with Gasteiger partial charge in [-0.1, -0.05) is 36.4 Å². The molecular weight excluding hydrogens is 481 g/mol. The zero-order valence-corrected chi connectivity index (χ0v) is 21.6. The summed E-state index contributed by atoms with van der Waals surface area (Å²) < 4.78 is 3.43. The molecule has 5 rings (SSSR count). The fourth-order valence-corrected chi connectivity index (χ4v) is 6.85. The first-order valence-corrected chi connectivity index (χ1v) is 14.0. The zero-order valence-electron chi connectivity index (χ0n) is 19.1. The average molecular weight is 509 g/mol. The van der Waals surface area contributed by atoms with Crippen molar-refractivity contribution in [2.24, 2.45) is 4.99 Å². The highest BCUT2D eigenvalue weighted by molar-refractivity contribution is 8.02. The number of aliphatic imine (C=N–C) groups is 1. The minimum absolute atomic E-state index is 0.258. The number of rotatable bonds is 11. The molecule has 1 aliphatic heterocycles. The van der Waals surface area contributed by atoms with Gasteiger partial charge in [-0.2, -0.15) is 0 Å². The molecule has 3 unspecified atom stereocenters. The summed E-state index contributed by atoms with van der Waals surface area (Å²) in [6, 6.07) is 21.3. The van der Waals surface area contributed by atoms with Crippen molar-refractivity contribution in [1.82, 2.24) is 10.3 Å². The van der Waals surface area contributed by atoms with Crippen LogP contribution in [0.25, 0.3) is 10.9 Å². The Morgan fingerprint density at radius 1 is 1.18 bits per heavy atom. The van der Waals surface area contributed by atoms with Gasteiger partial charge in [-0.3, -0.25) is 10.3 Å². The van der Waals surface area contributed by atoms with E-state index in [1.807, 2.05) is 30.1 Å². The fraction of sp³-hybridized carbons (Fsp3) is 0.269. The maximum absolute atomic E-state index is 11.0. The minimum atomic E-state index is -0.769. The Labute approximate surface area is 212 Å². The second-order valence-electron chi connectivity index (χ2n) is 8.43. The average Bonchev–Trinajstić information content (AvgIpc) is 3.38. The monoisotopic (exact) mass is 508 g/mol. The van der Waals surface area contributed by atoms with Crippen LogP contribution >= 0.6 is 35.0 Å². The van der Waals surface area contributed by atoms with Gasteiger partial charge in [0.15, 0.2) is 0 Å². The third-order valence-corrected chi connectivity index (χ3v) is 9.08. The number of nitrogens with zero attached hydrogens (tertiary/aromatic N) is 2. The molecule has 0 radical (unpaired) electrons. The van der Waals surface area contributed by atoms with Crippen LogP contribution in [0.4, 0.5) is 5.69 Å². The number of aliphatic hydroxyl groups excluding tert-OH is 1. The Bertz CT molecular complexity index is 1250. The number of aliphatic hydroxyl groups is 1. The maximum atomic E-state index is 11.0. The lowest BCUT2D eigenvalue weighted by Gasteiger charge is -2.19. The fourth-order valence-electron chi connectivity index (χ4n) is 3.92. The molecule has 4 aromatic rings. The van der Waals surface area contributed by atoms with Crippen molar-refractivity contribution in [3.63, 3.8) is 0 Å². The number of thiophene rings is 1. The second kappa shape index (κ2) is 10.6. The van der Waals surface area contributed by atoms with Crippen molar-refractivity contribution in [1.29, 1.82) is 0 Å². The van der Waals surface area contributed by atoms with E-state index in [1.54, 1.807) is 23.3 Å². The summed E-state index contributed by atoms with van der Waals surface area (Å²) in [6.07, 6.45) is 1.23. The predicted octanol–water partition coefficient (Wildman–Crippen LogP) is 6.02. The van der Waals surface area contributed by atoms with Crippen LogP contribution in [0.15, 0.2) is 75.2 Å². The van der Waals surface area contributed by atoms with Crippen LogP contribution < -0.4 is 9.62 Å². The number of H-pyrrole nitrogens is 1. The van der Waals surface area contributed by atoms with Gasteiger partial charge in [0.2, 0.25) is 0 Å². The van der Waals surface area contributed by atoms with E-state index in [0.29, 0.717) is 11.8 Å². The molecule has 0 saturated heterocycles. The van der Waals surface area contributed by atoms with E-state index in [-0.39, 0.29) is 6.04 Å². The number of hydrogen-bond donors (Lipinski definition) is 3. The number of aromatic nitrogens is 1. The molecule has 2 aromatic heterocycles. The van der Waals surface area contributed by atoms with E-state index in [1.165, 1.54) is 15.3 Å². The van der Waals surface area contributed by atoms with Gasteiger partial charge >= 0.3 is 0 Å². The molecule has 0 bridgehead atoms. The summed E-state index contributed by atoms with van der Waals surface area (Å²) in [5.41, 5.74) is 5.42. The van der Waals surface area contributed by atoms with Crippen molar-refractivity contribution in [2.45, 2.75) is 34.4 Å². The third kappa shape index (κ3) is 5.70. The SMILES string of the molecule is Cc1cc(N(C)Sc2cccs2)c2[nH]c(C(O)NCC(SCc3ccccc3)C3C=N3)cc2c1. The van der Waals surface area contributed by atoms with E-state index in [2.05, 4.69) is 87.5 Å². The first-order valence-electron chi connectivity index (χ1n) is 11.3. The number of hydrogen-bond acceptors (Lipinski definition) is 7. The van der Waals surface area contributed by atoms with Crippen LogP contribution in [-0.2, 0) is 5.75 Å². The molecule has 5 nitrogen and oxygen atoms in total. The highest BCUT2D eigenvalue weighted by Gasteiger charge is 2.27. The maximum Gasteiger partial charge on any atom is 0.146 e. The van der Waals surface area contributed by atoms with E-state index in [0.717, 1.165) is 28.0 Å². The number of benzene rings is 2. The Morgan fingerprint density at radius 3 is 2.74 bits per heavy atom. The van der Waals surface area contributed by atoms with E-state index in [4.69, 9.17) is 0 Å². The molecule has 8 heteroatoms. The van der Waals surface area contributed by atoms with E-state index in [9.17, 15) is 5.11 Å². The summed E-state index contributed by atoms with van der Waals surface area (Å²) in [5.74, 6) is 0.937. The molecule has 34 heavy (non-hydrogen) atoms. The summed E-state index contributed by atoms with van der Waals surface area (Å²) in [4.78, 5) is 7.87. The van der Waals surface area contributed by atoms with Gasteiger partial charge < -0.3 is 14.4 Å². The van der Waals surface area contributed by atoms with E-state index < -0.39 is 6.23 Å². The Morgan fingerprint density at radius 2 is 2.00 bits per heavy atom. The quantitative estimate of drug-likeness (QED) is 0.171. The smallest absolute Gasteiger partial charge is 0.146 e. The standard InChI is InChI=1S/C26H28N4OS3/c1-17-11-19-13-20(29-25(19)22(12-17)30(2)34-24-9-6-10-32-24)26(31)28-15-23(21-14-27-21)33-16-18-7-4-3-5-8-18/h3-14,21,23,26,28-29,31H,15-16H2,1-2H3. The Hall–Kier alpha value is -2.23. The van der Waals surface area contributed by atoms with Gasteiger partial charge in [0.1, 0.15) is 6.23 Å². The number of nitrogens with one attached hydrogen (secondary N) is 2. The zero-order chi connectivity index (χ0) is 23.5. The number of aromatic amines is 1. The molecule has 0 fully saturated rings. The van der Waals surface area contributed by atoms with Crippen LogP contribution in [0.5, 0.6) is 0 Å². The predicted molar refractivity (Wildman–Crippen MR) is 148 cm³/mol. The Kier molecular flexibility index (Phi) is 7.32.